The molecule has 1 aliphatic carbocycles. The Labute approximate surface area is 124 Å². The van der Waals surface area contributed by atoms with E-state index in [1.165, 1.54) is 24.1 Å². The van der Waals surface area contributed by atoms with Crippen molar-refractivity contribution in [3.63, 3.8) is 0 Å². The Kier molecular flexibility index (Phi) is 4.08. The van der Waals surface area contributed by atoms with Crippen molar-refractivity contribution in [3.8, 4) is 0 Å². The predicted molar refractivity (Wildman–Crippen MR) is 82.1 cm³/mol. The van der Waals surface area contributed by atoms with Gasteiger partial charge in [0.2, 0.25) is 0 Å². The van der Waals surface area contributed by atoms with Crippen LogP contribution in [0.3, 0.4) is 0 Å². The standard InChI is InChI=1S/C16H20ClN3/c17-15-6-2-1-4-13(15)11-20-16-7-3-5-12(8-9-18)14(16)10-19-20/h1-2,4,6,10,12H,3,5,7-9,11,18H2. The molecule has 0 aliphatic heterocycles. The summed E-state index contributed by atoms with van der Waals surface area (Å²) in [4.78, 5) is 0. The second kappa shape index (κ2) is 5.98. The van der Waals surface area contributed by atoms with Gasteiger partial charge in [-0.15, -0.1) is 0 Å². The molecule has 20 heavy (non-hydrogen) atoms. The van der Waals surface area contributed by atoms with Crippen LogP contribution in [-0.4, -0.2) is 16.3 Å². The zero-order chi connectivity index (χ0) is 13.9. The lowest BCUT2D eigenvalue weighted by molar-refractivity contribution is 0.506. The summed E-state index contributed by atoms with van der Waals surface area (Å²) in [6, 6.07) is 7.98. The van der Waals surface area contributed by atoms with Gasteiger partial charge in [0.25, 0.3) is 0 Å². The summed E-state index contributed by atoms with van der Waals surface area (Å²) < 4.78 is 2.11. The van der Waals surface area contributed by atoms with Gasteiger partial charge in [-0.2, -0.15) is 5.10 Å². The minimum atomic E-state index is 0.587. The Bertz CT molecular complexity index is 591. The van der Waals surface area contributed by atoms with Crippen LogP contribution in [0.1, 0.15) is 42.0 Å². The molecule has 2 N–H and O–H groups in total. The van der Waals surface area contributed by atoms with Crippen molar-refractivity contribution in [2.75, 3.05) is 6.54 Å². The third-order valence-electron chi connectivity index (χ3n) is 4.18. The van der Waals surface area contributed by atoms with Gasteiger partial charge in [-0.05, 0) is 55.3 Å². The number of benzene rings is 1. The molecule has 0 bridgehead atoms. The number of halogens is 1. The monoisotopic (exact) mass is 289 g/mol. The van der Waals surface area contributed by atoms with Gasteiger partial charge in [0, 0.05) is 10.7 Å². The average Bonchev–Trinajstić information content (AvgIpc) is 2.86. The Hall–Kier alpha value is -1.32. The molecule has 1 heterocycles. The van der Waals surface area contributed by atoms with E-state index < -0.39 is 0 Å². The highest BCUT2D eigenvalue weighted by molar-refractivity contribution is 6.31. The lowest BCUT2D eigenvalue weighted by Gasteiger charge is -2.22. The first kappa shape index (κ1) is 13.7. The molecule has 0 fully saturated rings. The van der Waals surface area contributed by atoms with Gasteiger partial charge in [0.05, 0.1) is 12.7 Å². The molecule has 0 spiro atoms. The van der Waals surface area contributed by atoms with E-state index in [0.29, 0.717) is 5.92 Å². The third-order valence-corrected chi connectivity index (χ3v) is 4.55. The summed E-state index contributed by atoms with van der Waals surface area (Å²) >= 11 is 6.25. The Morgan fingerprint density at radius 2 is 2.20 bits per heavy atom. The minimum absolute atomic E-state index is 0.587. The number of hydrogen-bond donors (Lipinski definition) is 1. The van der Waals surface area contributed by atoms with Crippen molar-refractivity contribution in [2.24, 2.45) is 5.73 Å². The van der Waals surface area contributed by atoms with E-state index in [2.05, 4.69) is 15.8 Å². The SMILES string of the molecule is NCCC1CCCc2c1cnn2Cc1ccccc1Cl. The highest BCUT2D eigenvalue weighted by Crippen LogP contribution is 2.34. The van der Waals surface area contributed by atoms with E-state index in [-0.39, 0.29) is 0 Å². The van der Waals surface area contributed by atoms with Gasteiger partial charge < -0.3 is 5.73 Å². The van der Waals surface area contributed by atoms with Crippen LogP contribution in [0.2, 0.25) is 5.02 Å². The van der Waals surface area contributed by atoms with Crippen molar-refractivity contribution in [2.45, 2.75) is 38.1 Å². The van der Waals surface area contributed by atoms with Gasteiger partial charge in [-0.1, -0.05) is 29.8 Å². The molecule has 2 aromatic rings. The maximum absolute atomic E-state index is 6.25. The van der Waals surface area contributed by atoms with Gasteiger partial charge in [0.1, 0.15) is 0 Å². The van der Waals surface area contributed by atoms with Crippen LogP contribution in [0.5, 0.6) is 0 Å². The molecule has 0 amide bonds. The van der Waals surface area contributed by atoms with Crippen molar-refractivity contribution < 1.29 is 0 Å². The molecule has 0 saturated carbocycles. The summed E-state index contributed by atoms with van der Waals surface area (Å²) in [5, 5.41) is 5.40. The number of nitrogens with two attached hydrogens (primary N) is 1. The molecule has 1 aromatic heterocycles. The van der Waals surface area contributed by atoms with Crippen molar-refractivity contribution in [3.05, 3.63) is 52.3 Å². The van der Waals surface area contributed by atoms with E-state index in [0.717, 1.165) is 36.5 Å². The lowest BCUT2D eigenvalue weighted by atomic mass is 9.85. The van der Waals surface area contributed by atoms with Gasteiger partial charge in [-0.3, -0.25) is 4.68 Å². The Balaban J connectivity index is 1.87. The number of nitrogens with zero attached hydrogens (tertiary/aromatic N) is 2. The molecule has 3 nitrogen and oxygen atoms in total. The lowest BCUT2D eigenvalue weighted by Crippen LogP contribution is -2.16. The summed E-state index contributed by atoms with van der Waals surface area (Å²) in [5.41, 5.74) is 9.62. The van der Waals surface area contributed by atoms with Gasteiger partial charge >= 0.3 is 0 Å². The highest BCUT2D eigenvalue weighted by atomic mass is 35.5. The third kappa shape index (κ3) is 2.60. The molecule has 106 valence electrons. The van der Waals surface area contributed by atoms with E-state index in [1.54, 1.807) is 0 Å². The Morgan fingerprint density at radius 1 is 1.35 bits per heavy atom. The van der Waals surface area contributed by atoms with Gasteiger partial charge in [0.15, 0.2) is 0 Å². The molecule has 1 atom stereocenters. The van der Waals surface area contributed by atoms with Crippen LogP contribution in [0, 0.1) is 0 Å². The number of rotatable bonds is 4. The fourth-order valence-corrected chi connectivity index (χ4v) is 3.33. The van der Waals surface area contributed by atoms with E-state index in [4.69, 9.17) is 17.3 Å². The van der Waals surface area contributed by atoms with Crippen LogP contribution < -0.4 is 5.73 Å². The van der Waals surface area contributed by atoms with Crippen LogP contribution in [-0.2, 0) is 13.0 Å². The quantitative estimate of drug-likeness (QED) is 0.938. The molecule has 1 aliphatic rings. The first-order valence-corrected chi connectivity index (χ1v) is 7.65. The first-order chi connectivity index (χ1) is 9.79. The fourth-order valence-electron chi connectivity index (χ4n) is 3.14. The molecular formula is C16H20ClN3. The van der Waals surface area contributed by atoms with Crippen LogP contribution in [0.25, 0.3) is 0 Å². The normalized spacial score (nSPS) is 18.0. The second-order valence-corrected chi connectivity index (χ2v) is 5.87. The second-order valence-electron chi connectivity index (χ2n) is 5.46. The van der Waals surface area contributed by atoms with Gasteiger partial charge in [-0.25, -0.2) is 0 Å². The molecule has 0 radical (unpaired) electrons. The van der Waals surface area contributed by atoms with Crippen molar-refractivity contribution >= 4 is 11.6 Å². The molecule has 4 heteroatoms. The van der Waals surface area contributed by atoms with E-state index in [9.17, 15) is 0 Å². The zero-order valence-corrected chi connectivity index (χ0v) is 12.3. The van der Waals surface area contributed by atoms with Crippen LogP contribution in [0.15, 0.2) is 30.5 Å². The maximum Gasteiger partial charge on any atom is 0.0677 e. The predicted octanol–water partition coefficient (Wildman–Crippen LogP) is 3.35. The first-order valence-electron chi connectivity index (χ1n) is 7.27. The fraction of sp³-hybridized carbons (Fsp3) is 0.438. The molecule has 0 saturated heterocycles. The van der Waals surface area contributed by atoms with Crippen molar-refractivity contribution in [1.29, 1.82) is 0 Å². The maximum atomic E-state index is 6.25. The number of hydrogen-bond acceptors (Lipinski definition) is 2. The number of aromatic nitrogens is 2. The summed E-state index contributed by atoms with van der Waals surface area (Å²) in [6.45, 7) is 1.50. The average molecular weight is 290 g/mol. The van der Waals surface area contributed by atoms with Crippen LogP contribution >= 0.6 is 11.6 Å². The Morgan fingerprint density at radius 3 is 3.00 bits per heavy atom. The zero-order valence-electron chi connectivity index (χ0n) is 11.6. The molecule has 1 unspecified atom stereocenters. The van der Waals surface area contributed by atoms with E-state index in [1.807, 2.05) is 24.4 Å². The van der Waals surface area contributed by atoms with Crippen molar-refractivity contribution in [1.82, 2.24) is 9.78 Å². The summed E-state index contributed by atoms with van der Waals surface area (Å²) in [5.74, 6) is 0.587. The topological polar surface area (TPSA) is 43.8 Å². The smallest absolute Gasteiger partial charge is 0.0677 e. The summed E-state index contributed by atoms with van der Waals surface area (Å²) in [7, 11) is 0. The highest BCUT2D eigenvalue weighted by Gasteiger charge is 2.23. The largest absolute Gasteiger partial charge is 0.330 e. The number of fused-ring (bicyclic) bond motifs is 1. The molecule has 1 aromatic carbocycles. The van der Waals surface area contributed by atoms with Crippen LogP contribution in [0.4, 0.5) is 0 Å². The van der Waals surface area contributed by atoms with E-state index >= 15 is 0 Å². The molecule has 3 rings (SSSR count). The summed E-state index contributed by atoms with van der Waals surface area (Å²) in [6.07, 6.45) is 6.67. The molecular weight excluding hydrogens is 270 g/mol. The minimum Gasteiger partial charge on any atom is -0.330 e.